The van der Waals surface area contributed by atoms with E-state index >= 15 is 0 Å². The lowest BCUT2D eigenvalue weighted by Gasteiger charge is -2.23. The number of hydrogen-bond donors (Lipinski definition) is 0. The maximum Gasteiger partial charge on any atom is 0.0525 e. The summed E-state index contributed by atoms with van der Waals surface area (Å²) in [4.78, 5) is 0. The summed E-state index contributed by atoms with van der Waals surface area (Å²) in [5, 5.41) is 2.57. The first-order chi connectivity index (χ1) is 5.71. The van der Waals surface area contributed by atoms with Gasteiger partial charge in [0.15, 0.2) is 0 Å². The molecule has 0 saturated heterocycles. The first kappa shape index (κ1) is 11.8. The smallest absolute Gasteiger partial charge is 0.0525 e. The van der Waals surface area contributed by atoms with Crippen LogP contribution in [-0.2, 0) is 0 Å². The molecule has 0 bridgehead atoms. The fourth-order valence-electron chi connectivity index (χ4n) is 0.987. The minimum Gasteiger partial charge on any atom is -0.0816 e. The van der Waals surface area contributed by atoms with Crippen LogP contribution in [0.4, 0.5) is 0 Å². The largest absolute Gasteiger partial charge is 0.0816 e. The molecule has 0 nitrogen and oxygen atoms in total. The van der Waals surface area contributed by atoms with Crippen LogP contribution in [0.2, 0.25) is 0 Å². The molecule has 3 heteroatoms. The highest BCUT2D eigenvalue weighted by molar-refractivity contribution is 8.04. The van der Waals surface area contributed by atoms with E-state index in [4.69, 9.17) is 0 Å². The van der Waals surface area contributed by atoms with Gasteiger partial charge in [-0.25, -0.2) is 0 Å². The molecule has 1 heterocycles. The van der Waals surface area contributed by atoms with E-state index in [2.05, 4.69) is 41.5 Å². The molecule has 1 rings (SSSR count). The van der Waals surface area contributed by atoms with Crippen molar-refractivity contribution in [2.75, 3.05) is 0 Å². The molecule has 13 heavy (non-hydrogen) atoms. The molecular weight excluding hydrogens is 213 g/mol. The Morgan fingerprint density at radius 3 is 1.77 bits per heavy atom. The van der Waals surface area contributed by atoms with E-state index in [0.717, 1.165) is 5.40 Å². The molecule has 0 aliphatic carbocycles. The summed E-state index contributed by atoms with van der Waals surface area (Å²) in [6.07, 6.45) is 0. The van der Waals surface area contributed by atoms with E-state index in [1.165, 1.54) is 0 Å². The van der Waals surface area contributed by atoms with Gasteiger partial charge in [0, 0.05) is 5.03 Å². The maximum atomic E-state index is 2.36. The van der Waals surface area contributed by atoms with Crippen LogP contribution in [0.1, 0.15) is 41.5 Å². The molecule has 0 aromatic rings. The topological polar surface area (TPSA) is 0 Å². The third-order valence-electron chi connectivity index (χ3n) is 1.95. The molecule has 1 unspecified atom stereocenters. The summed E-state index contributed by atoms with van der Waals surface area (Å²) >= 11 is 0. The van der Waals surface area contributed by atoms with Gasteiger partial charge in [-0.3, -0.25) is 0 Å². The van der Waals surface area contributed by atoms with E-state index in [9.17, 15) is 0 Å². The molecule has 1 atom stereocenters. The van der Waals surface area contributed by atoms with Gasteiger partial charge in [-0.1, -0.05) is 57.6 Å². The van der Waals surface area contributed by atoms with Gasteiger partial charge in [0.05, 0.1) is 5.40 Å². The fourth-order valence-corrected chi connectivity index (χ4v) is 8.69. The lowest BCUT2D eigenvalue weighted by atomic mass is 10.00. The molecule has 1 aliphatic rings. The van der Waals surface area contributed by atoms with E-state index < -0.39 is 0 Å². The Kier molecular flexibility index (Phi) is 3.40. The molecule has 0 aromatic carbocycles. The summed E-state index contributed by atoms with van der Waals surface area (Å²) < 4.78 is 0. The second-order valence-electron chi connectivity index (χ2n) is 5.66. The first-order valence-corrected chi connectivity index (χ1v) is 8.23. The quantitative estimate of drug-likeness (QED) is 0.497. The second kappa shape index (κ2) is 3.73. The average Bonchev–Trinajstić information content (AvgIpc) is 2.28. The van der Waals surface area contributed by atoms with Crippen LogP contribution in [0.15, 0.2) is 0 Å². The van der Waals surface area contributed by atoms with Crippen molar-refractivity contribution in [2.24, 2.45) is 10.8 Å². The molecule has 0 amide bonds. The monoisotopic (exact) mass is 232 g/mol. The zero-order valence-corrected chi connectivity index (χ0v) is 12.1. The summed E-state index contributed by atoms with van der Waals surface area (Å²) in [7, 11) is 4.79. The normalized spacial score (nSPS) is 27.2. The van der Waals surface area contributed by atoms with E-state index in [0.29, 0.717) is 10.8 Å². The summed E-state index contributed by atoms with van der Waals surface area (Å²) in [6.45, 7) is 14.1. The van der Waals surface area contributed by atoms with Crippen LogP contribution >= 0.6 is 23.9 Å². The van der Waals surface area contributed by atoms with Gasteiger partial charge in [0.1, 0.15) is 0 Å². The summed E-state index contributed by atoms with van der Waals surface area (Å²) in [5.41, 5.74) is 0.888. The van der Waals surface area contributed by atoms with Crippen molar-refractivity contribution >= 4 is 29.0 Å². The highest BCUT2D eigenvalue weighted by Crippen LogP contribution is 2.52. The molecule has 0 fully saturated rings. The Morgan fingerprint density at radius 1 is 1.00 bits per heavy atom. The molecule has 74 valence electrons. The number of rotatable bonds is 0. The van der Waals surface area contributed by atoms with Crippen molar-refractivity contribution in [3.63, 3.8) is 0 Å². The lowest BCUT2D eigenvalue weighted by Crippen LogP contribution is -2.16. The average molecular weight is 232 g/mol. The molecule has 0 spiro atoms. The predicted octanol–water partition coefficient (Wildman–Crippen LogP) is 5.30. The first-order valence-electron chi connectivity index (χ1n) is 4.70. The van der Waals surface area contributed by atoms with Crippen molar-refractivity contribution in [3.8, 4) is 0 Å². The molecule has 0 radical (unpaired) electrons. The third-order valence-corrected chi connectivity index (χ3v) is 9.85. The Morgan fingerprint density at radius 2 is 1.54 bits per heavy atom. The van der Waals surface area contributed by atoms with Crippen molar-refractivity contribution in [1.82, 2.24) is 0 Å². The SMILES string of the molecule is CC(C)(C)C1=PC(C(C)(C)C)P=P1. The minimum atomic E-state index is 0.413. The van der Waals surface area contributed by atoms with Gasteiger partial charge in [-0.15, -0.1) is 0 Å². The molecule has 0 saturated carbocycles. The van der Waals surface area contributed by atoms with E-state index in [-0.39, 0.29) is 0 Å². The van der Waals surface area contributed by atoms with Gasteiger partial charge in [0.2, 0.25) is 0 Å². The van der Waals surface area contributed by atoms with Crippen LogP contribution in [0, 0.1) is 10.8 Å². The van der Waals surface area contributed by atoms with Crippen LogP contribution in [0.25, 0.3) is 0 Å². The van der Waals surface area contributed by atoms with Gasteiger partial charge in [0.25, 0.3) is 0 Å². The predicted molar refractivity (Wildman–Crippen MR) is 68.5 cm³/mol. The van der Waals surface area contributed by atoms with Crippen LogP contribution < -0.4 is 0 Å². The van der Waals surface area contributed by atoms with E-state index in [1.807, 2.05) is 0 Å². The highest BCUT2D eigenvalue weighted by Gasteiger charge is 2.29. The zero-order valence-electron chi connectivity index (χ0n) is 9.42. The van der Waals surface area contributed by atoms with Gasteiger partial charge in [-0.05, 0) is 18.7 Å². The van der Waals surface area contributed by atoms with E-state index in [1.54, 1.807) is 29.0 Å². The number of hydrogen-bond acceptors (Lipinski definition) is 0. The van der Waals surface area contributed by atoms with Crippen molar-refractivity contribution in [3.05, 3.63) is 0 Å². The van der Waals surface area contributed by atoms with Crippen LogP contribution in [0.5, 0.6) is 0 Å². The Labute approximate surface area is 87.1 Å². The van der Waals surface area contributed by atoms with Crippen LogP contribution in [-0.4, -0.2) is 10.4 Å². The Hall–Kier alpha value is 0.770. The molecule has 0 N–H and O–H groups in total. The van der Waals surface area contributed by atoms with Gasteiger partial charge >= 0.3 is 0 Å². The highest BCUT2D eigenvalue weighted by atomic mass is 31.7. The van der Waals surface area contributed by atoms with Gasteiger partial charge < -0.3 is 0 Å². The lowest BCUT2D eigenvalue weighted by molar-refractivity contribution is 0.458. The summed E-state index contributed by atoms with van der Waals surface area (Å²) in [5.74, 6) is 0. The summed E-state index contributed by atoms with van der Waals surface area (Å²) in [6, 6.07) is 0. The standard InChI is InChI=1S/C10H19P3/c1-9(2,3)7-11-8(13-12-7)10(4,5)6/h7H,1-6H3. The molecular formula is C10H19P3. The molecule has 0 aromatic heterocycles. The third kappa shape index (κ3) is 3.13. The minimum absolute atomic E-state index is 0.413. The van der Waals surface area contributed by atoms with Gasteiger partial charge in [-0.2, -0.15) is 0 Å². The zero-order chi connectivity index (χ0) is 10.3. The Bertz CT molecular complexity index is 250. The second-order valence-corrected chi connectivity index (χ2v) is 10.3. The van der Waals surface area contributed by atoms with Crippen molar-refractivity contribution in [1.29, 1.82) is 0 Å². The Balaban J connectivity index is 2.84. The van der Waals surface area contributed by atoms with Crippen molar-refractivity contribution in [2.45, 2.75) is 46.9 Å². The van der Waals surface area contributed by atoms with Crippen molar-refractivity contribution < 1.29 is 0 Å². The molecule has 1 aliphatic heterocycles. The maximum absolute atomic E-state index is 2.36. The fraction of sp³-hybridized carbons (Fsp3) is 0.900. The van der Waals surface area contributed by atoms with Crippen LogP contribution in [0.3, 0.4) is 0 Å².